The standard InChI is InChI=1S/C24H29ClFN3O4S/c1-4-28(3)24(31)29-9-8-17(14-29)15-34(32,33)27-13-22(30)20-11-19(12-21(25)23(20)26)18-7-5-6-16(2)10-18/h5-7,10-12,17,27H,4,8-9,13-15H2,1-3H3. The van der Waals surface area contributed by atoms with Crippen molar-refractivity contribution in [3.05, 3.63) is 58.4 Å². The van der Waals surface area contributed by atoms with Gasteiger partial charge in [0.25, 0.3) is 0 Å². The Morgan fingerprint density at radius 3 is 2.65 bits per heavy atom. The smallest absolute Gasteiger partial charge is 0.319 e. The third kappa shape index (κ3) is 6.34. The van der Waals surface area contributed by atoms with Crippen LogP contribution in [0.2, 0.25) is 5.02 Å². The van der Waals surface area contributed by atoms with Crippen molar-refractivity contribution in [3.63, 3.8) is 0 Å². The summed E-state index contributed by atoms with van der Waals surface area (Å²) in [6.45, 7) is 4.58. The number of nitrogens with zero attached hydrogens (tertiary/aromatic N) is 2. The van der Waals surface area contributed by atoms with Gasteiger partial charge in [-0.2, -0.15) is 0 Å². The van der Waals surface area contributed by atoms with Crippen LogP contribution in [0, 0.1) is 18.7 Å². The Bertz CT molecular complexity index is 1190. The van der Waals surface area contributed by atoms with Gasteiger partial charge in [-0.3, -0.25) is 4.79 Å². The van der Waals surface area contributed by atoms with Crippen LogP contribution in [0.5, 0.6) is 0 Å². The summed E-state index contributed by atoms with van der Waals surface area (Å²) in [5, 5.41) is -0.210. The van der Waals surface area contributed by atoms with Crippen LogP contribution in [-0.4, -0.2) is 69.0 Å². The van der Waals surface area contributed by atoms with Crippen LogP contribution in [0.4, 0.5) is 9.18 Å². The third-order valence-electron chi connectivity index (χ3n) is 5.95. The number of urea groups is 1. The van der Waals surface area contributed by atoms with Gasteiger partial charge >= 0.3 is 6.03 Å². The molecule has 0 bridgehead atoms. The highest BCUT2D eigenvalue weighted by molar-refractivity contribution is 7.89. The van der Waals surface area contributed by atoms with Gasteiger partial charge in [-0.25, -0.2) is 22.3 Å². The Morgan fingerprint density at radius 1 is 1.24 bits per heavy atom. The predicted octanol–water partition coefficient (Wildman–Crippen LogP) is 3.95. The number of ketones is 1. The molecule has 1 heterocycles. The minimum absolute atomic E-state index is 0.133. The van der Waals surface area contributed by atoms with Crippen LogP contribution in [0.1, 0.15) is 29.3 Å². The second kappa shape index (κ2) is 10.8. The topological polar surface area (TPSA) is 86.8 Å². The molecule has 1 atom stereocenters. The highest BCUT2D eigenvalue weighted by Crippen LogP contribution is 2.29. The number of hydrogen-bond acceptors (Lipinski definition) is 4. The van der Waals surface area contributed by atoms with E-state index in [1.807, 2.05) is 38.1 Å². The first-order valence-electron chi connectivity index (χ1n) is 11.1. The number of likely N-dealkylation sites (tertiary alicyclic amines) is 1. The van der Waals surface area contributed by atoms with E-state index in [1.54, 1.807) is 16.8 Å². The normalized spacial score (nSPS) is 16.0. The SMILES string of the molecule is CCN(C)C(=O)N1CCC(CS(=O)(=O)NCC(=O)c2cc(-c3cccc(C)c3)cc(Cl)c2F)C1. The van der Waals surface area contributed by atoms with Crippen LogP contribution in [-0.2, 0) is 10.0 Å². The first-order valence-corrected chi connectivity index (χ1v) is 13.1. The molecule has 2 aromatic carbocycles. The molecule has 7 nitrogen and oxygen atoms in total. The van der Waals surface area contributed by atoms with Gasteiger partial charge in [0.1, 0.15) is 0 Å². The molecular weight excluding hydrogens is 481 g/mol. The van der Waals surface area contributed by atoms with Gasteiger partial charge in [0.05, 0.1) is 22.9 Å². The predicted molar refractivity (Wildman–Crippen MR) is 131 cm³/mol. The highest BCUT2D eigenvalue weighted by atomic mass is 35.5. The van der Waals surface area contributed by atoms with Crippen molar-refractivity contribution in [2.75, 3.05) is 39.0 Å². The summed E-state index contributed by atoms with van der Waals surface area (Å²) in [6, 6.07) is 10.2. The van der Waals surface area contributed by atoms with E-state index in [0.29, 0.717) is 31.6 Å². The van der Waals surface area contributed by atoms with E-state index in [1.165, 1.54) is 12.1 Å². The molecule has 0 saturated carbocycles. The zero-order valence-corrected chi connectivity index (χ0v) is 21.0. The Hall–Kier alpha value is -2.49. The molecule has 1 unspecified atom stereocenters. The van der Waals surface area contributed by atoms with Crippen molar-refractivity contribution in [2.24, 2.45) is 5.92 Å². The molecule has 0 spiro atoms. The number of hydrogen-bond donors (Lipinski definition) is 1. The zero-order valence-electron chi connectivity index (χ0n) is 19.5. The Balaban J connectivity index is 1.65. The Morgan fingerprint density at radius 2 is 1.97 bits per heavy atom. The van der Waals surface area contributed by atoms with Crippen LogP contribution in [0.15, 0.2) is 36.4 Å². The number of amides is 2. The minimum Gasteiger partial charge on any atom is -0.328 e. The summed E-state index contributed by atoms with van der Waals surface area (Å²) in [4.78, 5) is 28.2. The molecule has 0 aromatic heterocycles. The van der Waals surface area contributed by atoms with E-state index in [-0.39, 0.29) is 28.3 Å². The van der Waals surface area contributed by atoms with Crippen molar-refractivity contribution in [1.29, 1.82) is 0 Å². The van der Waals surface area contributed by atoms with Gasteiger partial charge in [0.2, 0.25) is 10.0 Å². The summed E-state index contributed by atoms with van der Waals surface area (Å²) >= 11 is 6.03. The van der Waals surface area contributed by atoms with Gasteiger partial charge < -0.3 is 9.80 Å². The average molecular weight is 510 g/mol. The number of benzene rings is 2. The number of carbonyl (C=O) groups excluding carboxylic acids is 2. The Kier molecular flexibility index (Phi) is 8.33. The molecule has 1 aliphatic rings. The van der Waals surface area contributed by atoms with Crippen LogP contribution < -0.4 is 4.72 Å². The van der Waals surface area contributed by atoms with E-state index < -0.39 is 28.2 Å². The molecule has 10 heteroatoms. The molecule has 2 aromatic rings. The molecule has 0 aliphatic carbocycles. The van der Waals surface area contributed by atoms with Gasteiger partial charge in [0, 0.05) is 26.7 Å². The van der Waals surface area contributed by atoms with Gasteiger partial charge in [0.15, 0.2) is 11.6 Å². The number of rotatable bonds is 8. The molecule has 3 rings (SSSR count). The first kappa shape index (κ1) is 26.1. The molecule has 1 saturated heterocycles. The van der Waals surface area contributed by atoms with Crippen molar-refractivity contribution >= 4 is 33.4 Å². The first-order chi connectivity index (χ1) is 16.0. The summed E-state index contributed by atoms with van der Waals surface area (Å²) in [5.41, 5.74) is 2.05. The largest absolute Gasteiger partial charge is 0.328 e. The maximum absolute atomic E-state index is 14.6. The molecule has 1 aliphatic heterocycles. The van der Waals surface area contributed by atoms with E-state index >= 15 is 0 Å². The number of Topliss-reactive ketones (excluding diaryl/α,β-unsaturated/α-hetero) is 1. The lowest BCUT2D eigenvalue weighted by Crippen LogP contribution is -2.40. The number of aryl methyl sites for hydroxylation is 1. The molecule has 1 fully saturated rings. The number of halogens is 2. The lowest BCUT2D eigenvalue weighted by molar-refractivity contribution is 0.0993. The fourth-order valence-corrected chi connectivity index (χ4v) is 5.52. The lowest BCUT2D eigenvalue weighted by Gasteiger charge is -2.23. The summed E-state index contributed by atoms with van der Waals surface area (Å²) in [7, 11) is -2.12. The molecule has 184 valence electrons. The second-order valence-electron chi connectivity index (χ2n) is 8.61. The maximum atomic E-state index is 14.6. The summed E-state index contributed by atoms with van der Waals surface area (Å²) in [6.07, 6.45) is 0.556. The number of nitrogens with one attached hydrogen (secondary N) is 1. The number of sulfonamides is 1. The van der Waals surface area contributed by atoms with Crippen molar-refractivity contribution < 1.29 is 22.4 Å². The fourth-order valence-electron chi connectivity index (χ4n) is 3.94. The molecule has 34 heavy (non-hydrogen) atoms. The van der Waals surface area contributed by atoms with E-state index in [9.17, 15) is 22.4 Å². The summed E-state index contributed by atoms with van der Waals surface area (Å²) < 4.78 is 42.0. The van der Waals surface area contributed by atoms with Gasteiger partial charge in [-0.05, 0) is 49.4 Å². The lowest BCUT2D eigenvalue weighted by atomic mass is 9.99. The number of carbonyl (C=O) groups is 2. The van der Waals surface area contributed by atoms with Crippen LogP contribution >= 0.6 is 11.6 Å². The van der Waals surface area contributed by atoms with Crippen LogP contribution in [0.3, 0.4) is 0 Å². The van der Waals surface area contributed by atoms with Crippen molar-refractivity contribution in [2.45, 2.75) is 20.3 Å². The summed E-state index contributed by atoms with van der Waals surface area (Å²) in [5.74, 6) is -2.05. The monoisotopic (exact) mass is 509 g/mol. The van der Waals surface area contributed by atoms with Gasteiger partial charge in [-0.1, -0.05) is 41.4 Å². The van der Waals surface area contributed by atoms with E-state index in [4.69, 9.17) is 11.6 Å². The third-order valence-corrected chi connectivity index (χ3v) is 7.71. The minimum atomic E-state index is -3.81. The zero-order chi connectivity index (χ0) is 25.0. The van der Waals surface area contributed by atoms with E-state index in [0.717, 1.165) is 11.1 Å². The fraction of sp³-hybridized carbons (Fsp3) is 0.417. The molecule has 2 amide bonds. The van der Waals surface area contributed by atoms with Crippen molar-refractivity contribution in [3.8, 4) is 11.1 Å². The Labute approximate surface area is 204 Å². The van der Waals surface area contributed by atoms with Gasteiger partial charge in [-0.15, -0.1) is 0 Å². The van der Waals surface area contributed by atoms with Crippen molar-refractivity contribution in [1.82, 2.24) is 14.5 Å². The average Bonchev–Trinajstić information content (AvgIpc) is 3.25. The molecule has 1 N–H and O–H groups in total. The van der Waals surface area contributed by atoms with E-state index in [2.05, 4.69) is 4.72 Å². The maximum Gasteiger partial charge on any atom is 0.319 e. The molecule has 0 radical (unpaired) electrons. The highest BCUT2D eigenvalue weighted by Gasteiger charge is 2.31. The molecular formula is C24H29ClFN3O4S. The second-order valence-corrected chi connectivity index (χ2v) is 10.9. The van der Waals surface area contributed by atoms with Crippen LogP contribution in [0.25, 0.3) is 11.1 Å². The quantitative estimate of drug-likeness (QED) is 0.546.